The van der Waals surface area contributed by atoms with E-state index in [0.717, 1.165) is 0 Å². The minimum absolute atomic E-state index is 0.276. The molecule has 0 saturated heterocycles. The van der Waals surface area contributed by atoms with Gasteiger partial charge in [-0.1, -0.05) is 23.7 Å². The molecule has 0 bridgehead atoms. The minimum atomic E-state index is -0.783. The maximum absolute atomic E-state index is 12.6. The van der Waals surface area contributed by atoms with Crippen LogP contribution in [0.3, 0.4) is 0 Å². The maximum Gasteiger partial charge on any atom is 0.260 e. The Morgan fingerprint density at radius 2 is 2.18 bits per heavy atom. The van der Waals surface area contributed by atoms with E-state index in [0.29, 0.717) is 21.8 Å². The third-order valence-electron chi connectivity index (χ3n) is 3.18. The molecule has 0 fully saturated rings. The molecule has 6 heteroatoms. The van der Waals surface area contributed by atoms with Crippen LogP contribution in [0.25, 0.3) is 0 Å². The van der Waals surface area contributed by atoms with Gasteiger partial charge in [-0.25, -0.2) is 0 Å². The van der Waals surface area contributed by atoms with E-state index in [4.69, 9.17) is 21.6 Å². The number of ether oxygens (including phenoxy) is 1. The van der Waals surface area contributed by atoms with Gasteiger partial charge in [-0.2, -0.15) is 5.26 Å². The van der Waals surface area contributed by atoms with Crippen LogP contribution in [0.2, 0.25) is 5.02 Å². The van der Waals surface area contributed by atoms with Gasteiger partial charge < -0.3 is 9.64 Å². The zero-order chi connectivity index (χ0) is 16.1. The van der Waals surface area contributed by atoms with Crippen LogP contribution in [-0.4, -0.2) is 25.0 Å². The van der Waals surface area contributed by atoms with E-state index in [1.165, 1.54) is 24.4 Å². The van der Waals surface area contributed by atoms with E-state index in [-0.39, 0.29) is 5.91 Å². The Bertz CT molecular complexity index is 727. The molecular weight excluding hydrogens is 302 g/mol. The van der Waals surface area contributed by atoms with E-state index < -0.39 is 6.10 Å². The first-order valence-corrected chi connectivity index (χ1v) is 6.85. The fourth-order valence-electron chi connectivity index (χ4n) is 2.02. The molecule has 0 radical (unpaired) electrons. The summed E-state index contributed by atoms with van der Waals surface area (Å²) in [6.45, 7) is 0. The summed E-state index contributed by atoms with van der Waals surface area (Å²) in [6.07, 6.45) is 2.17. The highest BCUT2D eigenvalue weighted by atomic mass is 35.5. The Morgan fingerprint density at radius 3 is 2.82 bits per heavy atom. The van der Waals surface area contributed by atoms with Crippen molar-refractivity contribution in [1.82, 2.24) is 4.98 Å². The van der Waals surface area contributed by atoms with Crippen molar-refractivity contribution < 1.29 is 9.53 Å². The third kappa shape index (κ3) is 3.42. The highest BCUT2D eigenvalue weighted by Gasteiger charge is 2.25. The lowest BCUT2D eigenvalue weighted by molar-refractivity contribution is -0.128. The zero-order valence-electron chi connectivity index (χ0n) is 12.2. The molecule has 2 aromatic rings. The van der Waals surface area contributed by atoms with Crippen LogP contribution in [0.1, 0.15) is 17.2 Å². The van der Waals surface area contributed by atoms with E-state index >= 15 is 0 Å². The number of amides is 1. The molecule has 5 nitrogen and oxygen atoms in total. The van der Waals surface area contributed by atoms with Crippen molar-refractivity contribution in [3.63, 3.8) is 0 Å². The summed E-state index contributed by atoms with van der Waals surface area (Å²) < 4.78 is 5.32. The van der Waals surface area contributed by atoms with Gasteiger partial charge in [-0.15, -0.1) is 0 Å². The van der Waals surface area contributed by atoms with Crippen LogP contribution < -0.4 is 4.90 Å². The number of benzene rings is 1. The van der Waals surface area contributed by atoms with Crippen LogP contribution in [0.4, 0.5) is 5.69 Å². The molecule has 0 aliphatic rings. The van der Waals surface area contributed by atoms with Crippen molar-refractivity contribution in [2.45, 2.75) is 6.10 Å². The molecule has 112 valence electrons. The molecule has 1 aromatic carbocycles. The van der Waals surface area contributed by atoms with Crippen molar-refractivity contribution in [3.8, 4) is 6.07 Å². The zero-order valence-corrected chi connectivity index (χ0v) is 12.9. The SMILES string of the molecule is COC(C(=O)N(C)c1cncc(C#N)c1)c1cccc(Cl)c1. The summed E-state index contributed by atoms with van der Waals surface area (Å²) in [5.74, 6) is -0.276. The number of rotatable bonds is 4. The van der Waals surface area contributed by atoms with Crippen LogP contribution in [0, 0.1) is 11.3 Å². The number of nitrogens with zero attached hydrogens (tertiary/aromatic N) is 3. The van der Waals surface area contributed by atoms with Gasteiger partial charge in [0.25, 0.3) is 5.91 Å². The second kappa shape index (κ2) is 7.03. The Hall–Kier alpha value is -2.42. The Morgan fingerprint density at radius 1 is 1.41 bits per heavy atom. The molecule has 22 heavy (non-hydrogen) atoms. The second-order valence-corrected chi connectivity index (χ2v) is 5.05. The van der Waals surface area contributed by atoms with Gasteiger partial charge in [0.15, 0.2) is 6.10 Å². The fraction of sp³-hybridized carbons (Fsp3) is 0.188. The van der Waals surface area contributed by atoms with E-state index in [9.17, 15) is 4.79 Å². The number of likely N-dealkylation sites (N-methyl/N-ethyl adjacent to an activating group) is 1. The minimum Gasteiger partial charge on any atom is -0.367 e. The van der Waals surface area contributed by atoms with Crippen molar-refractivity contribution in [2.75, 3.05) is 19.1 Å². The number of hydrogen-bond donors (Lipinski definition) is 0. The van der Waals surface area contributed by atoms with Gasteiger partial charge >= 0.3 is 0 Å². The number of methoxy groups -OCH3 is 1. The number of carbonyl (C=O) groups excluding carboxylic acids is 1. The second-order valence-electron chi connectivity index (χ2n) is 4.61. The summed E-state index contributed by atoms with van der Waals surface area (Å²) in [7, 11) is 3.07. The first kappa shape index (κ1) is 16.0. The van der Waals surface area contributed by atoms with Gasteiger partial charge in [-0.3, -0.25) is 9.78 Å². The van der Waals surface area contributed by atoms with Gasteiger partial charge in [0.1, 0.15) is 6.07 Å². The van der Waals surface area contributed by atoms with Gasteiger partial charge in [-0.05, 0) is 23.8 Å². The monoisotopic (exact) mass is 315 g/mol. The Kier molecular flexibility index (Phi) is 5.10. The lowest BCUT2D eigenvalue weighted by Crippen LogP contribution is -2.32. The van der Waals surface area contributed by atoms with Crippen molar-refractivity contribution >= 4 is 23.2 Å². The fourth-order valence-corrected chi connectivity index (χ4v) is 2.22. The van der Waals surface area contributed by atoms with Gasteiger partial charge in [0, 0.05) is 25.4 Å². The summed E-state index contributed by atoms with van der Waals surface area (Å²) >= 11 is 5.96. The number of anilines is 1. The first-order valence-electron chi connectivity index (χ1n) is 6.47. The first-order chi connectivity index (χ1) is 10.6. The summed E-state index contributed by atoms with van der Waals surface area (Å²) in [6, 6.07) is 10.5. The molecule has 1 amide bonds. The number of halogens is 1. The molecule has 0 N–H and O–H groups in total. The molecule has 1 aromatic heterocycles. The molecular formula is C16H14ClN3O2. The quantitative estimate of drug-likeness (QED) is 0.870. The Balaban J connectivity index is 2.30. The van der Waals surface area contributed by atoms with Crippen LogP contribution in [0.15, 0.2) is 42.7 Å². The van der Waals surface area contributed by atoms with Crippen molar-refractivity contribution in [3.05, 3.63) is 58.9 Å². The van der Waals surface area contributed by atoms with Crippen molar-refractivity contribution in [1.29, 1.82) is 5.26 Å². The smallest absolute Gasteiger partial charge is 0.260 e. The molecule has 0 aliphatic heterocycles. The molecule has 2 rings (SSSR count). The lowest BCUT2D eigenvalue weighted by atomic mass is 10.1. The third-order valence-corrected chi connectivity index (χ3v) is 3.42. The number of pyridine rings is 1. The molecule has 1 atom stereocenters. The summed E-state index contributed by atoms with van der Waals surface area (Å²) in [5.41, 5.74) is 1.57. The normalized spacial score (nSPS) is 11.5. The maximum atomic E-state index is 12.6. The largest absolute Gasteiger partial charge is 0.367 e. The highest BCUT2D eigenvalue weighted by molar-refractivity contribution is 6.30. The predicted molar refractivity (Wildman–Crippen MR) is 83.6 cm³/mol. The Labute approximate surface area is 133 Å². The van der Waals surface area contributed by atoms with Gasteiger partial charge in [0.2, 0.25) is 0 Å². The van der Waals surface area contributed by atoms with E-state index in [2.05, 4.69) is 4.98 Å². The standard InChI is InChI=1S/C16H14ClN3O2/c1-20(14-6-11(8-18)9-19-10-14)16(21)15(22-2)12-4-3-5-13(17)7-12/h3-7,9-10,15H,1-2H3. The number of nitriles is 1. The average Bonchev–Trinajstić information content (AvgIpc) is 2.55. The molecule has 1 unspecified atom stereocenters. The van der Waals surface area contributed by atoms with Crippen LogP contribution >= 0.6 is 11.6 Å². The van der Waals surface area contributed by atoms with Crippen LogP contribution in [-0.2, 0) is 9.53 Å². The van der Waals surface area contributed by atoms with Crippen molar-refractivity contribution in [2.24, 2.45) is 0 Å². The van der Waals surface area contributed by atoms with Gasteiger partial charge in [0.05, 0.1) is 17.4 Å². The number of aromatic nitrogens is 1. The topological polar surface area (TPSA) is 66.2 Å². The van der Waals surface area contributed by atoms with E-state index in [1.807, 2.05) is 6.07 Å². The average molecular weight is 316 g/mol. The number of hydrogen-bond acceptors (Lipinski definition) is 4. The molecule has 0 saturated carbocycles. The predicted octanol–water partition coefficient (Wildman–Crippen LogP) is 2.96. The van der Waals surface area contributed by atoms with Crippen LogP contribution in [0.5, 0.6) is 0 Å². The molecule has 1 heterocycles. The summed E-state index contributed by atoms with van der Waals surface area (Å²) in [4.78, 5) is 18.0. The molecule has 0 aliphatic carbocycles. The summed E-state index contributed by atoms with van der Waals surface area (Å²) in [5, 5.41) is 9.44. The van der Waals surface area contributed by atoms with E-state index in [1.54, 1.807) is 37.4 Å². The number of carbonyl (C=O) groups is 1. The highest BCUT2D eigenvalue weighted by Crippen LogP contribution is 2.24. The lowest BCUT2D eigenvalue weighted by Gasteiger charge is -2.23. The molecule has 0 spiro atoms.